The molecule has 1 saturated carbocycles. The molecular formula is C19H29N7O. The fraction of sp³-hybridized carbons (Fsp3) is 0.579. The number of nitrogens with zero attached hydrogens (tertiary/aromatic N) is 5. The zero-order chi connectivity index (χ0) is 19.2. The van der Waals surface area contributed by atoms with Crippen molar-refractivity contribution in [1.29, 1.82) is 0 Å². The van der Waals surface area contributed by atoms with Crippen LogP contribution in [0.1, 0.15) is 38.3 Å². The van der Waals surface area contributed by atoms with Crippen molar-refractivity contribution in [3.05, 3.63) is 30.2 Å². The number of amides is 1. The van der Waals surface area contributed by atoms with E-state index in [2.05, 4.69) is 27.6 Å². The molecule has 146 valence electrons. The summed E-state index contributed by atoms with van der Waals surface area (Å²) >= 11 is 0. The molecule has 0 aliphatic heterocycles. The van der Waals surface area contributed by atoms with Crippen LogP contribution in [0.4, 0.5) is 0 Å². The van der Waals surface area contributed by atoms with Gasteiger partial charge in [-0.2, -0.15) is 5.10 Å². The van der Waals surface area contributed by atoms with Crippen LogP contribution in [0.5, 0.6) is 0 Å². The molecule has 2 atom stereocenters. The highest BCUT2D eigenvalue weighted by Crippen LogP contribution is 2.23. The predicted molar refractivity (Wildman–Crippen MR) is 105 cm³/mol. The van der Waals surface area contributed by atoms with E-state index in [0.29, 0.717) is 24.5 Å². The Balaban J connectivity index is 1.74. The summed E-state index contributed by atoms with van der Waals surface area (Å²) in [7, 11) is 3.51. The third-order valence-electron chi connectivity index (χ3n) is 5.11. The highest BCUT2D eigenvalue weighted by atomic mass is 16.2. The van der Waals surface area contributed by atoms with E-state index in [1.54, 1.807) is 35.9 Å². The van der Waals surface area contributed by atoms with E-state index in [-0.39, 0.29) is 12.5 Å². The molecule has 3 rings (SSSR count). The normalized spacial score (nSPS) is 20.5. The van der Waals surface area contributed by atoms with Gasteiger partial charge in [0.2, 0.25) is 5.91 Å². The SMILES string of the molecule is CC1CCCCC1NC(=NCc1ccnc2ccnn12)NCC(=O)N(C)C. The molecule has 2 unspecified atom stereocenters. The number of hydrogen-bond donors (Lipinski definition) is 2. The second kappa shape index (κ2) is 8.83. The van der Waals surface area contributed by atoms with Gasteiger partial charge in [0.05, 0.1) is 25.0 Å². The van der Waals surface area contributed by atoms with Crippen molar-refractivity contribution in [3.8, 4) is 0 Å². The molecule has 1 aliphatic rings. The van der Waals surface area contributed by atoms with Crippen LogP contribution in [0.25, 0.3) is 5.65 Å². The number of guanidine groups is 1. The molecule has 1 amide bonds. The van der Waals surface area contributed by atoms with Gasteiger partial charge in [-0.1, -0.05) is 19.8 Å². The first-order chi connectivity index (χ1) is 13.0. The second-order valence-electron chi connectivity index (χ2n) is 7.36. The second-order valence-corrected chi connectivity index (χ2v) is 7.36. The summed E-state index contributed by atoms with van der Waals surface area (Å²) in [5.41, 5.74) is 1.75. The number of likely N-dealkylation sites (N-methyl/N-ethyl adjacent to an activating group) is 1. The number of nitrogens with one attached hydrogen (secondary N) is 2. The van der Waals surface area contributed by atoms with Crippen molar-refractivity contribution in [1.82, 2.24) is 30.1 Å². The molecule has 0 aromatic carbocycles. The van der Waals surface area contributed by atoms with E-state index in [4.69, 9.17) is 4.99 Å². The van der Waals surface area contributed by atoms with Gasteiger partial charge in [-0.25, -0.2) is 14.5 Å². The number of aliphatic imine (C=N–C) groups is 1. The Hall–Kier alpha value is -2.64. The first-order valence-corrected chi connectivity index (χ1v) is 9.57. The maximum absolute atomic E-state index is 12.0. The highest BCUT2D eigenvalue weighted by Gasteiger charge is 2.22. The van der Waals surface area contributed by atoms with Gasteiger partial charge in [-0.15, -0.1) is 0 Å². The van der Waals surface area contributed by atoms with Gasteiger partial charge in [0.1, 0.15) is 0 Å². The minimum atomic E-state index is 0.0135. The van der Waals surface area contributed by atoms with Gasteiger partial charge in [0.25, 0.3) is 0 Å². The van der Waals surface area contributed by atoms with E-state index in [0.717, 1.165) is 17.8 Å². The van der Waals surface area contributed by atoms with Gasteiger partial charge < -0.3 is 15.5 Å². The van der Waals surface area contributed by atoms with Crippen LogP contribution in [0.15, 0.2) is 29.5 Å². The van der Waals surface area contributed by atoms with E-state index < -0.39 is 0 Å². The van der Waals surface area contributed by atoms with Gasteiger partial charge in [-0.05, 0) is 24.8 Å². The van der Waals surface area contributed by atoms with Crippen LogP contribution in [0.2, 0.25) is 0 Å². The largest absolute Gasteiger partial charge is 0.353 e. The molecule has 2 N–H and O–H groups in total. The summed E-state index contributed by atoms with van der Waals surface area (Å²) in [4.78, 5) is 22.6. The first kappa shape index (κ1) is 19.1. The van der Waals surface area contributed by atoms with Crippen LogP contribution in [-0.4, -0.2) is 58.0 Å². The number of carbonyl (C=O) groups is 1. The van der Waals surface area contributed by atoms with Crippen LogP contribution >= 0.6 is 0 Å². The minimum Gasteiger partial charge on any atom is -0.353 e. The fourth-order valence-corrected chi connectivity index (χ4v) is 3.34. The summed E-state index contributed by atoms with van der Waals surface area (Å²) in [5.74, 6) is 1.27. The smallest absolute Gasteiger partial charge is 0.241 e. The van der Waals surface area contributed by atoms with Crippen molar-refractivity contribution in [2.45, 2.75) is 45.2 Å². The molecule has 8 heteroatoms. The Morgan fingerprint density at radius 2 is 2.11 bits per heavy atom. The predicted octanol–water partition coefficient (Wildman–Crippen LogP) is 1.43. The summed E-state index contributed by atoms with van der Waals surface area (Å²) in [6.07, 6.45) is 8.35. The summed E-state index contributed by atoms with van der Waals surface area (Å²) in [5, 5.41) is 11.0. The number of carbonyl (C=O) groups excluding carboxylic acids is 1. The molecular weight excluding hydrogens is 342 g/mol. The van der Waals surface area contributed by atoms with E-state index in [1.165, 1.54) is 19.3 Å². The Kier molecular flexibility index (Phi) is 6.26. The van der Waals surface area contributed by atoms with Crippen molar-refractivity contribution in [3.63, 3.8) is 0 Å². The molecule has 27 heavy (non-hydrogen) atoms. The first-order valence-electron chi connectivity index (χ1n) is 9.57. The molecule has 0 saturated heterocycles. The lowest BCUT2D eigenvalue weighted by molar-refractivity contribution is -0.127. The third-order valence-corrected chi connectivity index (χ3v) is 5.11. The quantitative estimate of drug-likeness (QED) is 0.613. The van der Waals surface area contributed by atoms with Crippen LogP contribution < -0.4 is 10.6 Å². The lowest BCUT2D eigenvalue weighted by atomic mass is 9.86. The zero-order valence-electron chi connectivity index (χ0n) is 16.4. The van der Waals surface area contributed by atoms with E-state index in [1.807, 2.05) is 12.1 Å². The summed E-state index contributed by atoms with van der Waals surface area (Å²) in [6.45, 7) is 2.94. The number of hydrogen-bond acceptors (Lipinski definition) is 4. The average Bonchev–Trinajstić information content (AvgIpc) is 3.14. The molecule has 1 fully saturated rings. The summed E-state index contributed by atoms with van der Waals surface area (Å²) in [6, 6.07) is 4.15. The molecule has 0 spiro atoms. The zero-order valence-corrected chi connectivity index (χ0v) is 16.4. The Bertz CT molecular complexity index is 798. The topological polar surface area (TPSA) is 86.9 Å². The van der Waals surface area contributed by atoms with Gasteiger partial charge in [-0.3, -0.25) is 4.79 Å². The van der Waals surface area contributed by atoms with Gasteiger partial charge in [0.15, 0.2) is 11.6 Å². The minimum absolute atomic E-state index is 0.0135. The highest BCUT2D eigenvalue weighted by molar-refractivity contribution is 5.86. The Morgan fingerprint density at radius 1 is 1.30 bits per heavy atom. The Morgan fingerprint density at radius 3 is 2.89 bits per heavy atom. The third kappa shape index (κ3) is 4.96. The van der Waals surface area contributed by atoms with Gasteiger partial charge >= 0.3 is 0 Å². The lowest BCUT2D eigenvalue weighted by Gasteiger charge is -2.31. The standard InChI is InChI=1S/C19H29N7O/c1-14-6-4-5-7-16(14)24-19(22-13-18(27)25(2)3)21-12-15-8-10-20-17-9-11-23-26(15)17/h8-11,14,16H,4-7,12-13H2,1-3H3,(H2,21,22,24). The molecule has 2 aromatic rings. The Labute approximate surface area is 160 Å². The average molecular weight is 371 g/mol. The van der Waals surface area contributed by atoms with E-state index >= 15 is 0 Å². The van der Waals surface area contributed by atoms with Crippen molar-refractivity contribution in [2.75, 3.05) is 20.6 Å². The maximum atomic E-state index is 12.0. The summed E-state index contributed by atoms with van der Waals surface area (Å²) < 4.78 is 1.79. The van der Waals surface area contributed by atoms with E-state index in [9.17, 15) is 4.79 Å². The maximum Gasteiger partial charge on any atom is 0.241 e. The molecule has 2 heterocycles. The number of rotatable bonds is 5. The molecule has 8 nitrogen and oxygen atoms in total. The van der Waals surface area contributed by atoms with Crippen LogP contribution in [0.3, 0.4) is 0 Å². The fourth-order valence-electron chi connectivity index (χ4n) is 3.34. The van der Waals surface area contributed by atoms with Crippen LogP contribution in [0, 0.1) is 5.92 Å². The van der Waals surface area contributed by atoms with Crippen molar-refractivity contribution >= 4 is 17.5 Å². The van der Waals surface area contributed by atoms with Gasteiger partial charge in [0, 0.05) is 32.4 Å². The molecule has 0 bridgehead atoms. The molecule has 0 radical (unpaired) electrons. The molecule has 2 aromatic heterocycles. The monoisotopic (exact) mass is 371 g/mol. The number of aromatic nitrogens is 3. The molecule has 1 aliphatic carbocycles. The van der Waals surface area contributed by atoms with Crippen LogP contribution in [-0.2, 0) is 11.3 Å². The lowest BCUT2D eigenvalue weighted by Crippen LogP contribution is -2.49. The number of fused-ring (bicyclic) bond motifs is 1. The van der Waals surface area contributed by atoms with Crippen molar-refractivity contribution in [2.24, 2.45) is 10.9 Å². The van der Waals surface area contributed by atoms with Crippen molar-refractivity contribution < 1.29 is 4.79 Å².